The number of carbonyl (C=O) groups excluding carboxylic acids is 5. The highest BCUT2D eigenvalue weighted by molar-refractivity contribution is 6.00. The van der Waals surface area contributed by atoms with Crippen molar-refractivity contribution >= 4 is 29.7 Å². The van der Waals surface area contributed by atoms with Crippen LogP contribution in [0.1, 0.15) is 84.1 Å². The van der Waals surface area contributed by atoms with Crippen molar-refractivity contribution in [2.24, 2.45) is 5.92 Å². The van der Waals surface area contributed by atoms with Crippen LogP contribution in [0, 0.1) is 5.92 Å². The highest BCUT2D eigenvalue weighted by atomic mass is 16.6. The van der Waals surface area contributed by atoms with E-state index in [1.807, 2.05) is 36.4 Å². The van der Waals surface area contributed by atoms with Gasteiger partial charge >= 0.3 is 6.09 Å². The molecule has 0 radical (unpaired) electrons. The summed E-state index contributed by atoms with van der Waals surface area (Å²) in [5.74, 6) is -1.52. The first-order valence-electron chi connectivity index (χ1n) is 17.4. The lowest BCUT2D eigenvalue weighted by Crippen LogP contribution is -2.59. The number of nitrogens with one attached hydrogen (secondary N) is 3. The first kappa shape index (κ1) is 35.4. The van der Waals surface area contributed by atoms with E-state index in [9.17, 15) is 24.0 Å². The third-order valence-corrected chi connectivity index (χ3v) is 9.77. The molecule has 48 heavy (non-hydrogen) atoms. The molecule has 12 nitrogen and oxygen atoms in total. The molecule has 1 aromatic carbocycles. The molecule has 6 atom stereocenters. The number of benzene rings is 1. The van der Waals surface area contributed by atoms with Crippen LogP contribution in [0.4, 0.5) is 4.79 Å². The normalized spacial score (nSPS) is 29.5. The Bertz CT molecular complexity index is 1380. The lowest BCUT2D eigenvalue weighted by Gasteiger charge is -2.32. The van der Waals surface area contributed by atoms with E-state index < -0.39 is 41.3 Å². The second-order valence-corrected chi connectivity index (χ2v) is 14.5. The van der Waals surface area contributed by atoms with Crippen molar-refractivity contribution in [2.75, 3.05) is 20.2 Å². The number of alkyl carbamates (subject to hydrolysis) is 1. The molecule has 262 valence electrons. The Morgan fingerprint density at radius 1 is 1.04 bits per heavy atom. The average Bonchev–Trinajstić information content (AvgIpc) is 3.36. The quantitative estimate of drug-likeness (QED) is 0.396. The summed E-state index contributed by atoms with van der Waals surface area (Å²) in [6.07, 6.45) is 8.50. The summed E-state index contributed by atoms with van der Waals surface area (Å²) in [6, 6.07) is 7.21. The van der Waals surface area contributed by atoms with Crippen LogP contribution in [0.2, 0.25) is 0 Å². The zero-order valence-electron chi connectivity index (χ0n) is 28.7. The van der Waals surface area contributed by atoms with Gasteiger partial charge in [-0.25, -0.2) is 4.79 Å². The number of likely N-dealkylation sites (tertiary alicyclic amines) is 1. The van der Waals surface area contributed by atoms with Gasteiger partial charge in [0.1, 0.15) is 29.3 Å². The molecule has 3 N–H and O–H groups in total. The number of allylic oxidation sites excluding steroid dienone is 1. The number of methoxy groups -OCH3 is 1. The predicted molar refractivity (Wildman–Crippen MR) is 178 cm³/mol. The molecule has 3 fully saturated rings. The summed E-state index contributed by atoms with van der Waals surface area (Å²) in [6.45, 7) is 6.24. The van der Waals surface area contributed by atoms with Crippen LogP contribution < -0.4 is 16.0 Å². The van der Waals surface area contributed by atoms with Crippen LogP contribution in [-0.2, 0) is 35.2 Å². The maximum Gasteiger partial charge on any atom is 0.408 e. The monoisotopic (exact) mass is 665 g/mol. The lowest BCUT2D eigenvalue weighted by molar-refractivity contribution is -0.145. The van der Waals surface area contributed by atoms with Gasteiger partial charge < -0.3 is 35.2 Å². The lowest BCUT2D eigenvalue weighted by atomic mass is 10.0. The van der Waals surface area contributed by atoms with E-state index in [-0.39, 0.29) is 42.7 Å². The zero-order chi connectivity index (χ0) is 34.5. The number of hydrogen-bond donors (Lipinski definition) is 3. The number of fused-ring (bicyclic) bond motifs is 2. The van der Waals surface area contributed by atoms with Crippen LogP contribution in [0.25, 0.3) is 0 Å². The molecule has 5 amide bonds. The molecule has 4 aliphatic rings. The van der Waals surface area contributed by atoms with Gasteiger partial charge in [0.25, 0.3) is 0 Å². The fourth-order valence-corrected chi connectivity index (χ4v) is 7.12. The minimum Gasteiger partial charge on any atom is -0.444 e. The molecular formula is C36H51N5O7. The maximum absolute atomic E-state index is 14.4. The van der Waals surface area contributed by atoms with Gasteiger partial charge in [0.05, 0.1) is 6.10 Å². The summed E-state index contributed by atoms with van der Waals surface area (Å²) in [7, 11) is 1.54. The van der Waals surface area contributed by atoms with E-state index in [1.165, 1.54) is 4.90 Å². The van der Waals surface area contributed by atoms with Crippen LogP contribution in [-0.4, -0.2) is 95.1 Å². The van der Waals surface area contributed by atoms with Gasteiger partial charge in [-0.05, 0) is 64.9 Å². The van der Waals surface area contributed by atoms with E-state index in [1.54, 1.807) is 32.8 Å². The highest BCUT2D eigenvalue weighted by Gasteiger charge is 2.63. The topological polar surface area (TPSA) is 146 Å². The van der Waals surface area contributed by atoms with Crippen LogP contribution in [0.5, 0.6) is 0 Å². The zero-order valence-corrected chi connectivity index (χ0v) is 28.7. The van der Waals surface area contributed by atoms with Gasteiger partial charge in [-0.2, -0.15) is 0 Å². The Morgan fingerprint density at radius 3 is 2.54 bits per heavy atom. The minimum absolute atomic E-state index is 0.181. The highest BCUT2D eigenvalue weighted by Crippen LogP contribution is 2.47. The molecule has 1 saturated carbocycles. The third-order valence-electron chi connectivity index (χ3n) is 9.77. The molecule has 1 aromatic rings. The first-order chi connectivity index (χ1) is 22.9. The minimum atomic E-state index is -1.20. The van der Waals surface area contributed by atoms with Crippen molar-refractivity contribution in [3.05, 3.63) is 48.0 Å². The van der Waals surface area contributed by atoms with Gasteiger partial charge in [-0.15, -0.1) is 0 Å². The van der Waals surface area contributed by atoms with E-state index in [4.69, 9.17) is 9.47 Å². The molecule has 1 aliphatic carbocycles. The third kappa shape index (κ3) is 8.37. The fourth-order valence-electron chi connectivity index (χ4n) is 7.12. The van der Waals surface area contributed by atoms with E-state index in [0.717, 1.165) is 24.8 Å². The molecule has 5 rings (SSSR count). The predicted octanol–water partition coefficient (Wildman–Crippen LogP) is 3.20. The Morgan fingerprint density at radius 2 is 1.81 bits per heavy atom. The Hall–Kier alpha value is -3.93. The van der Waals surface area contributed by atoms with Crippen molar-refractivity contribution in [1.82, 2.24) is 25.8 Å². The number of amides is 5. The first-order valence-corrected chi connectivity index (χ1v) is 17.4. The average molecular weight is 666 g/mol. The standard InChI is InChI=1S/C36H51N5O7/c1-35(2,3)48-34(46)38-27-17-12-7-5-6-11-16-25-21-36(25,39-31(43)29-20-26(47-4)23-41(29)32(27)44)33(45)40-19-13-18-28(40)30(42)37-22-24-14-9-8-10-15-24/h8-11,14-16,25-29H,5-7,12-13,17-23H2,1-4H3,(H,37,42)(H,38,46)(H,39,43)/t25-,26-,27+,28-,29+,36-/m1/s1. The summed E-state index contributed by atoms with van der Waals surface area (Å²) < 4.78 is 11.1. The molecule has 3 heterocycles. The van der Waals surface area contributed by atoms with E-state index in [0.29, 0.717) is 45.2 Å². The van der Waals surface area contributed by atoms with Crippen molar-refractivity contribution < 1.29 is 33.4 Å². The second-order valence-electron chi connectivity index (χ2n) is 14.5. The van der Waals surface area contributed by atoms with E-state index >= 15 is 0 Å². The van der Waals surface area contributed by atoms with Crippen LogP contribution in [0.15, 0.2) is 42.5 Å². The molecule has 0 unspecified atom stereocenters. The molecule has 0 bridgehead atoms. The van der Waals surface area contributed by atoms with Crippen molar-refractivity contribution in [3.8, 4) is 0 Å². The van der Waals surface area contributed by atoms with E-state index in [2.05, 4.69) is 22.0 Å². The van der Waals surface area contributed by atoms with Gasteiger partial charge in [0.2, 0.25) is 23.6 Å². The van der Waals surface area contributed by atoms with Crippen molar-refractivity contribution in [1.29, 1.82) is 0 Å². The van der Waals surface area contributed by atoms with Gasteiger partial charge in [-0.1, -0.05) is 55.3 Å². The summed E-state index contributed by atoms with van der Waals surface area (Å²) in [5.41, 5.74) is -0.977. The largest absolute Gasteiger partial charge is 0.444 e. The number of carbonyl (C=O) groups is 5. The number of hydrogen-bond acceptors (Lipinski definition) is 7. The van der Waals surface area contributed by atoms with Crippen molar-refractivity contribution in [3.63, 3.8) is 0 Å². The van der Waals surface area contributed by atoms with Crippen LogP contribution in [0.3, 0.4) is 0 Å². The Kier molecular flexibility index (Phi) is 11.1. The Labute approximate surface area is 283 Å². The molecule has 12 heteroatoms. The van der Waals surface area contributed by atoms with Crippen LogP contribution >= 0.6 is 0 Å². The SMILES string of the molecule is CO[C@@H]1C[C@H]2C(=O)N[C@]3(C(=O)N4CCC[C@@H]4C(=O)NCc4ccccc4)C[C@H]3C=CCCCCC[C@H](NC(=O)OC(C)(C)C)C(=O)N2C1. The summed E-state index contributed by atoms with van der Waals surface area (Å²) in [4.78, 5) is 71.8. The second kappa shape index (κ2) is 15.1. The number of ether oxygens (including phenoxy) is 2. The molecule has 0 aromatic heterocycles. The van der Waals surface area contributed by atoms with Gasteiger partial charge in [-0.3, -0.25) is 19.2 Å². The fraction of sp³-hybridized carbons (Fsp3) is 0.639. The van der Waals surface area contributed by atoms with Crippen molar-refractivity contribution in [2.45, 2.75) is 120 Å². The molecule has 2 saturated heterocycles. The maximum atomic E-state index is 14.4. The molecule has 3 aliphatic heterocycles. The number of nitrogens with zero attached hydrogens (tertiary/aromatic N) is 2. The molecule has 0 spiro atoms. The number of rotatable bonds is 6. The Balaban J connectivity index is 1.36. The smallest absolute Gasteiger partial charge is 0.408 e. The summed E-state index contributed by atoms with van der Waals surface area (Å²) >= 11 is 0. The summed E-state index contributed by atoms with van der Waals surface area (Å²) in [5, 5.41) is 8.82. The van der Waals surface area contributed by atoms with Gasteiger partial charge in [0, 0.05) is 39.1 Å². The van der Waals surface area contributed by atoms with Gasteiger partial charge in [0.15, 0.2) is 0 Å². The molecular weight excluding hydrogens is 614 g/mol.